The van der Waals surface area contributed by atoms with Crippen LogP contribution in [0.3, 0.4) is 0 Å². The van der Waals surface area contributed by atoms with Crippen molar-refractivity contribution >= 4 is 17.4 Å². The van der Waals surface area contributed by atoms with Crippen molar-refractivity contribution in [1.29, 1.82) is 0 Å². The number of fused-ring (bicyclic) bond motifs is 2. The molecule has 5 rings (SSSR count). The molecule has 1 atom stereocenters. The van der Waals surface area contributed by atoms with Crippen LogP contribution in [0, 0.1) is 0 Å². The van der Waals surface area contributed by atoms with Gasteiger partial charge in [0.1, 0.15) is 29.0 Å². The van der Waals surface area contributed by atoms with Crippen LogP contribution in [-0.2, 0) is 23.2 Å². The molecule has 0 saturated carbocycles. The molecule has 0 saturated heterocycles. The van der Waals surface area contributed by atoms with E-state index in [1.54, 1.807) is 41.9 Å². The van der Waals surface area contributed by atoms with Crippen LogP contribution in [0.25, 0.3) is 17.2 Å². The fourth-order valence-corrected chi connectivity index (χ4v) is 4.35. The van der Waals surface area contributed by atoms with Crippen LogP contribution >= 0.6 is 0 Å². The van der Waals surface area contributed by atoms with Crippen molar-refractivity contribution in [2.24, 2.45) is 0 Å². The number of aromatic hydroxyl groups is 1. The minimum absolute atomic E-state index is 0.117. The lowest BCUT2D eigenvalue weighted by Gasteiger charge is -2.35. The van der Waals surface area contributed by atoms with Gasteiger partial charge in [-0.05, 0) is 37.5 Å². The second-order valence-electron chi connectivity index (χ2n) is 8.31. The number of unbranched alkanes of at least 4 members (excludes halogenated alkanes) is 1. The Hall–Kier alpha value is -4.08. The zero-order valence-corrected chi connectivity index (χ0v) is 18.4. The topological polar surface area (TPSA) is 144 Å². The van der Waals surface area contributed by atoms with Gasteiger partial charge in [-0.2, -0.15) is 5.10 Å². The number of phenols is 1. The highest BCUT2D eigenvalue weighted by molar-refractivity contribution is 5.95. The first-order chi connectivity index (χ1) is 15.9. The van der Waals surface area contributed by atoms with Gasteiger partial charge in [-0.25, -0.2) is 24.5 Å². The highest BCUT2D eigenvalue weighted by atomic mass is 16.3. The molecule has 33 heavy (non-hydrogen) atoms. The SMILES string of the molecule is CCCCc1nc(-c2nc(N)c3c(n2)CNC(=O)C3(C)c2ccc(O)cc2)cn2ncnc12. The van der Waals surface area contributed by atoms with E-state index < -0.39 is 5.41 Å². The van der Waals surface area contributed by atoms with E-state index in [4.69, 9.17) is 15.7 Å². The van der Waals surface area contributed by atoms with Crippen molar-refractivity contribution in [3.63, 3.8) is 0 Å². The predicted molar refractivity (Wildman–Crippen MR) is 121 cm³/mol. The number of aryl methyl sites for hydroxylation is 1. The first-order valence-corrected chi connectivity index (χ1v) is 10.9. The summed E-state index contributed by atoms with van der Waals surface area (Å²) in [5.41, 5.74) is 9.31. The fourth-order valence-electron chi connectivity index (χ4n) is 4.35. The Morgan fingerprint density at radius 1 is 1.21 bits per heavy atom. The summed E-state index contributed by atoms with van der Waals surface area (Å²) < 4.78 is 1.68. The number of carbonyl (C=O) groups excluding carboxylic acids is 1. The Morgan fingerprint density at radius 2 is 2.00 bits per heavy atom. The van der Waals surface area contributed by atoms with E-state index in [0.29, 0.717) is 34.0 Å². The number of hydrogen-bond acceptors (Lipinski definition) is 8. The lowest BCUT2D eigenvalue weighted by molar-refractivity contribution is -0.125. The van der Waals surface area contributed by atoms with Gasteiger partial charge in [-0.15, -0.1) is 0 Å². The van der Waals surface area contributed by atoms with Gasteiger partial charge in [0.15, 0.2) is 11.5 Å². The molecule has 4 N–H and O–H groups in total. The molecule has 0 radical (unpaired) electrons. The second-order valence-corrected chi connectivity index (χ2v) is 8.31. The molecular weight excluding hydrogens is 420 g/mol. The van der Waals surface area contributed by atoms with Gasteiger partial charge in [0, 0.05) is 5.56 Å². The van der Waals surface area contributed by atoms with E-state index in [1.165, 1.54) is 6.33 Å². The van der Waals surface area contributed by atoms with Gasteiger partial charge in [0.25, 0.3) is 0 Å². The average molecular weight is 444 g/mol. The summed E-state index contributed by atoms with van der Waals surface area (Å²) in [7, 11) is 0. The molecule has 4 aromatic rings. The molecule has 0 spiro atoms. The van der Waals surface area contributed by atoms with E-state index in [1.807, 2.05) is 0 Å². The monoisotopic (exact) mass is 444 g/mol. The molecule has 3 aromatic heterocycles. The van der Waals surface area contributed by atoms with Crippen LogP contribution in [0.15, 0.2) is 36.8 Å². The minimum Gasteiger partial charge on any atom is -0.508 e. The Balaban J connectivity index is 1.65. The Kier molecular flexibility index (Phi) is 4.92. The Labute approximate surface area is 189 Å². The summed E-state index contributed by atoms with van der Waals surface area (Å²) in [6.07, 6.45) is 6.01. The molecule has 1 aliphatic rings. The van der Waals surface area contributed by atoms with Crippen molar-refractivity contribution in [1.82, 2.24) is 34.9 Å². The number of nitrogens with zero attached hydrogens (tertiary/aromatic N) is 6. The summed E-state index contributed by atoms with van der Waals surface area (Å²) >= 11 is 0. The van der Waals surface area contributed by atoms with Crippen molar-refractivity contribution in [2.75, 3.05) is 5.73 Å². The van der Waals surface area contributed by atoms with Gasteiger partial charge in [-0.3, -0.25) is 4.79 Å². The number of amides is 1. The predicted octanol–water partition coefficient (Wildman–Crippen LogP) is 2.15. The number of hydrogen-bond donors (Lipinski definition) is 3. The summed E-state index contributed by atoms with van der Waals surface area (Å²) in [5, 5.41) is 16.9. The number of nitrogen functional groups attached to an aromatic ring is 1. The van der Waals surface area contributed by atoms with Crippen molar-refractivity contribution < 1.29 is 9.90 Å². The van der Waals surface area contributed by atoms with Gasteiger partial charge >= 0.3 is 0 Å². The van der Waals surface area contributed by atoms with E-state index in [-0.39, 0.29) is 24.0 Å². The largest absolute Gasteiger partial charge is 0.508 e. The van der Waals surface area contributed by atoms with Crippen LogP contribution in [0.5, 0.6) is 5.75 Å². The average Bonchev–Trinajstić information content (AvgIpc) is 3.29. The standard InChI is InChI=1S/C23H24N8O2/c1-3-4-5-15-21-26-12-27-31(21)11-17(28-15)20-29-16-10-25-22(33)23(2,18(16)19(24)30-20)13-6-8-14(32)9-7-13/h6-9,11-12,32H,3-5,10H2,1-2H3,(H,25,33)(H2,24,29,30). The fraction of sp³-hybridized carbons (Fsp3) is 0.304. The molecule has 10 nitrogen and oxygen atoms in total. The third-order valence-corrected chi connectivity index (χ3v) is 6.15. The Bertz CT molecular complexity index is 1370. The highest BCUT2D eigenvalue weighted by Gasteiger charge is 2.44. The molecule has 1 unspecified atom stereocenters. The molecule has 1 amide bonds. The number of aromatic nitrogens is 6. The Morgan fingerprint density at radius 3 is 2.76 bits per heavy atom. The van der Waals surface area contributed by atoms with E-state index in [0.717, 1.165) is 25.0 Å². The zero-order valence-electron chi connectivity index (χ0n) is 18.4. The highest BCUT2D eigenvalue weighted by Crippen LogP contribution is 2.40. The number of carbonyl (C=O) groups is 1. The third kappa shape index (κ3) is 3.34. The number of nitrogens with one attached hydrogen (secondary N) is 1. The van der Waals surface area contributed by atoms with Crippen LogP contribution in [0.4, 0.5) is 5.82 Å². The normalized spacial score (nSPS) is 17.7. The second kappa shape index (κ2) is 7.80. The maximum absolute atomic E-state index is 13.0. The molecule has 0 bridgehead atoms. The molecule has 1 aliphatic heterocycles. The smallest absolute Gasteiger partial charge is 0.235 e. The molecule has 0 fully saturated rings. The first-order valence-electron chi connectivity index (χ1n) is 10.9. The maximum atomic E-state index is 13.0. The summed E-state index contributed by atoms with van der Waals surface area (Å²) in [6, 6.07) is 6.50. The van der Waals surface area contributed by atoms with Crippen LogP contribution in [0.2, 0.25) is 0 Å². The summed E-state index contributed by atoms with van der Waals surface area (Å²) in [5.74, 6) is 0.501. The maximum Gasteiger partial charge on any atom is 0.235 e. The summed E-state index contributed by atoms with van der Waals surface area (Å²) in [4.78, 5) is 31.4. The molecule has 4 heterocycles. The molecule has 10 heteroatoms. The summed E-state index contributed by atoms with van der Waals surface area (Å²) in [6.45, 7) is 4.14. The lowest BCUT2D eigenvalue weighted by atomic mass is 9.73. The molecule has 168 valence electrons. The van der Waals surface area contributed by atoms with Crippen molar-refractivity contribution in [2.45, 2.75) is 45.1 Å². The van der Waals surface area contributed by atoms with Crippen LogP contribution in [0.1, 0.15) is 49.2 Å². The van der Waals surface area contributed by atoms with Crippen molar-refractivity contribution in [3.8, 4) is 17.3 Å². The quantitative estimate of drug-likeness (QED) is 0.425. The van der Waals surface area contributed by atoms with Crippen LogP contribution in [-0.4, -0.2) is 40.6 Å². The third-order valence-electron chi connectivity index (χ3n) is 6.15. The minimum atomic E-state index is -1.10. The number of benzene rings is 1. The lowest BCUT2D eigenvalue weighted by Crippen LogP contribution is -2.48. The van der Waals surface area contributed by atoms with E-state index in [2.05, 4.69) is 27.3 Å². The van der Waals surface area contributed by atoms with E-state index >= 15 is 0 Å². The number of nitrogens with two attached hydrogens (primary N) is 1. The van der Waals surface area contributed by atoms with E-state index in [9.17, 15) is 9.90 Å². The number of phenolic OH excluding ortho intramolecular Hbond substituents is 1. The van der Waals surface area contributed by atoms with Crippen molar-refractivity contribution in [3.05, 3.63) is 59.3 Å². The van der Waals surface area contributed by atoms with Gasteiger partial charge in [-0.1, -0.05) is 25.5 Å². The van der Waals surface area contributed by atoms with Gasteiger partial charge < -0.3 is 16.2 Å². The zero-order chi connectivity index (χ0) is 23.2. The molecular formula is C23H24N8O2. The molecule has 1 aromatic carbocycles. The molecule has 0 aliphatic carbocycles. The van der Waals surface area contributed by atoms with Gasteiger partial charge in [0.2, 0.25) is 5.91 Å². The number of anilines is 1. The van der Waals surface area contributed by atoms with Crippen LogP contribution < -0.4 is 11.1 Å². The number of rotatable bonds is 5. The first kappa shape index (κ1) is 20.8. The van der Waals surface area contributed by atoms with Gasteiger partial charge in [0.05, 0.1) is 24.1 Å².